The summed E-state index contributed by atoms with van der Waals surface area (Å²) in [5, 5.41) is 7.92. The van der Waals surface area contributed by atoms with Gasteiger partial charge >= 0.3 is 5.97 Å². The molecule has 0 bridgehead atoms. The van der Waals surface area contributed by atoms with Crippen LogP contribution < -0.4 is 16.0 Å². The molecule has 4 heterocycles. The van der Waals surface area contributed by atoms with Gasteiger partial charge in [0.25, 0.3) is 0 Å². The van der Waals surface area contributed by atoms with E-state index in [0.29, 0.717) is 38.2 Å². The van der Waals surface area contributed by atoms with Crippen molar-refractivity contribution in [3.8, 4) is 0 Å². The first-order valence-electron chi connectivity index (χ1n) is 19.4. The lowest BCUT2D eigenvalue weighted by atomic mass is 9.99. The number of unbranched alkanes of at least 4 members (excludes halogenated alkanes) is 2. The number of nitrogens with zero attached hydrogens (tertiary/aromatic N) is 3. The average molecular weight is 771 g/mol. The molecular weight excluding hydrogens is 718 g/mol. The Bertz CT molecular complexity index is 1650. The number of fused-ring (bicyclic) bond motifs is 3. The summed E-state index contributed by atoms with van der Waals surface area (Å²) in [5.74, 6) is -6.41. The number of allylic oxidation sites excluding steroid dienone is 1. The number of halogens is 2. The third kappa shape index (κ3) is 10.3. The molecule has 0 radical (unpaired) electrons. The van der Waals surface area contributed by atoms with Gasteiger partial charge in [-0.2, -0.15) is 0 Å². The largest absolute Gasteiger partial charge is 0.461 e. The molecule has 6 amide bonds. The number of piperidine rings is 1. The van der Waals surface area contributed by atoms with Crippen molar-refractivity contribution in [3.63, 3.8) is 0 Å². The molecule has 16 heteroatoms. The number of hydrogen-bond acceptors (Lipinski definition) is 8. The fraction of sp³-hybridized carbons (Fsp3) is 0.615. The Labute approximate surface area is 319 Å². The topological polar surface area (TPSA) is 175 Å². The molecule has 4 saturated heterocycles. The summed E-state index contributed by atoms with van der Waals surface area (Å²) in [4.78, 5) is 101. The molecule has 4 aliphatic rings. The number of cyclic esters (lactones) is 1. The van der Waals surface area contributed by atoms with Crippen molar-refractivity contribution < 1.29 is 47.1 Å². The Kier molecular flexibility index (Phi) is 14.0. The lowest BCUT2D eigenvalue weighted by Gasteiger charge is -2.39. The zero-order valence-corrected chi connectivity index (χ0v) is 31.7. The third-order valence-corrected chi connectivity index (χ3v) is 10.7. The number of carbonyl (C=O) groups is 7. The molecule has 0 unspecified atom stereocenters. The van der Waals surface area contributed by atoms with E-state index in [2.05, 4.69) is 16.0 Å². The first-order chi connectivity index (χ1) is 26.3. The Hall–Kier alpha value is -4.89. The Morgan fingerprint density at radius 2 is 1.60 bits per heavy atom. The normalized spacial score (nSPS) is 27.3. The van der Waals surface area contributed by atoms with Crippen LogP contribution >= 0.6 is 0 Å². The zero-order chi connectivity index (χ0) is 39.8. The summed E-state index contributed by atoms with van der Waals surface area (Å²) >= 11 is 0. The van der Waals surface area contributed by atoms with Gasteiger partial charge < -0.3 is 35.4 Å². The summed E-state index contributed by atoms with van der Waals surface area (Å²) in [6.45, 7) is 5.35. The third-order valence-electron chi connectivity index (χ3n) is 10.7. The van der Waals surface area contributed by atoms with E-state index in [4.69, 9.17) is 4.74 Å². The number of hydrogen-bond donors (Lipinski definition) is 3. The van der Waals surface area contributed by atoms with Crippen molar-refractivity contribution >= 4 is 41.4 Å². The molecule has 3 N–H and O–H groups in total. The monoisotopic (exact) mass is 770 g/mol. The molecule has 0 saturated carbocycles. The number of rotatable bonds is 9. The molecule has 300 valence electrons. The predicted octanol–water partition coefficient (Wildman–Crippen LogP) is 1.89. The minimum Gasteiger partial charge on any atom is -0.461 e. The van der Waals surface area contributed by atoms with Crippen LogP contribution in [0.25, 0.3) is 0 Å². The fourth-order valence-corrected chi connectivity index (χ4v) is 7.89. The van der Waals surface area contributed by atoms with Gasteiger partial charge in [-0.25, -0.2) is 13.6 Å². The first kappa shape index (κ1) is 41.3. The standard InChI is InChI=1S/C39H52F2N6O8/c1-4-5-6-7-13-33(48)43-28(19-25-17-26(40)20-27(41)18-25)34(49)44-29-22-55-39(54)32-16-23(2)21-47(32)36(51)24(3)42-35(50)30-11-8-9-14-45(30)38(53)31-12-10-15-46(31)37(29)52/h7,13,17-18,20,23-24,28-32H,4-6,8-12,14-16,19,21-22H2,1-3H3,(H,42,50)(H,43,48)(H,44,49)/b13-7+/t23-,24-,28-,29-,30-,31-,32-/m0/s1. The van der Waals surface area contributed by atoms with Gasteiger partial charge in [-0.3, -0.25) is 28.8 Å². The van der Waals surface area contributed by atoms with E-state index in [1.807, 2.05) is 13.8 Å². The second-order valence-electron chi connectivity index (χ2n) is 15.1. The molecule has 0 aliphatic carbocycles. The zero-order valence-electron chi connectivity index (χ0n) is 31.7. The number of carbonyl (C=O) groups excluding carboxylic acids is 7. The quantitative estimate of drug-likeness (QED) is 0.194. The summed E-state index contributed by atoms with van der Waals surface area (Å²) in [6.07, 6.45) is 7.56. The van der Waals surface area contributed by atoms with Gasteiger partial charge in [0, 0.05) is 32.1 Å². The van der Waals surface area contributed by atoms with E-state index >= 15 is 0 Å². The van der Waals surface area contributed by atoms with Gasteiger partial charge in [0.1, 0.15) is 54.5 Å². The van der Waals surface area contributed by atoms with Gasteiger partial charge in [0.05, 0.1) is 0 Å². The van der Waals surface area contributed by atoms with Crippen LogP contribution in [0.15, 0.2) is 30.4 Å². The van der Waals surface area contributed by atoms with Crippen LogP contribution in [-0.2, 0) is 44.7 Å². The van der Waals surface area contributed by atoms with E-state index < -0.39 is 95.9 Å². The maximum atomic E-state index is 14.4. The molecular formula is C39H52F2N6O8. The molecule has 0 aromatic heterocycles. The number of nitrogens with one attached hydrogen (secondary N) is 3. The molecule has 7 atom stereocenters. The van der Waals surface area contributed by atoms with Crippen molar-refractivity contribution in [3.05, 3.63) is 47.5 Å². The highest BCUT2D eigenvalue weighted by molar-refractivity contribution is 5.98. The van der Waals surface area contributed by atoms with Gasteiger partial charge in [0.15, 0.2) is 0 Å². The molecule has 5 rings (SSSR count). The maximum Gasteiger partial charge on any atom is 0.328 e. The van der Waals surface area contributed by atoms with Crippen molar-refractivity contribution in [1.29, 1.82) is 0 Å². The Morgan fingerprint density at radius 1 is 0.909 bits per heavy atom. The molecule has 4 aliphatic heterocycles. The molecule has 1 aromatic carbocycles. The van der Waals surface area contributed by atoms with Crippen LogP contribution in [-0.4, -0.2) is 119 Å². The lowest BCUT2D eigenvalue weighted by molar-refractivity contribution is -0.158. The van der Waals surface area contributed by atoms with Crippen molar-refractivity contribution in [1.82, 2.24) is 30.7 Å². The second-order valence-corrected chi connectivity index (χ2v) is 15.1. The summed E-state index contributed by atoms with van der Waals surface area (Å²) in [7, 11) is 0. The predicted molar refractivity (Wildman–Crippen MR) is 195 cm³/mol. The number of ether oxygens (including phenoxy) is 1. The number of benzene rings is 1. The van der Waals surface area contributed by atoms with Gasteiger partial charge in [-0.15, -0.1) is 0 Å². The van der Waals surface area contributed by atoms with Crippen LogP contribution in [0.5, 0.6) is 0 Å². The van der Waals surface area contributed by atoms with Crippen LogP contribution in [0, 0.1) is 17.6 Å². The van der Waals surface area contributed by atoms with Gasteiger partial charge in [0.2, 0.25) is 35.4 Å². The lowest BCUT2D eigenvalue weighted by Crippen LogP contribution is -2.62. The van der Waals surface area contributed by atoms with E-state index in [1.165, 1.54) is 27.7 Å². The van der Waals surface area contributed by atoms with Crippen molar-refractivity contribution in [2.75, 3.05) is 26.2 Å². The minimum absolute atomic E-state index is 0.0586. The number of amides is 6. The van der Waals surface area contributed by atoms with Crippen molar-refractivity contribution in [2.24, 2.45) is 5.92 Å². The summed E-state index contributed by atoms with van der Waals surface area (Å²) in [6, 6.07) is -4.14. The van der Waals surface area contributed by atoms with Crippen LogP contribution in [0.4, 0.5) is 8.78 Å². The molecule has 1 aromatic rings. The Balaban J connectivity index is 1.47. The summed E-state index contributed by atoms with van der Waals surface area (Å²) in [5.41, 5.74) is 0.0586. The molecule has 55 heavy (non-hydrogen) atoms. The highest BCUT2D eigenvalue weighted by atomic mass is 19.1. The molecule has 14 nitrogen and oxygen atoms in total. The van der Waals surface area contributed by atoms with E-state index in [0.717, 1.165) is 25.0 Å². The SMILES string of the molecule is CCCC/C=C/C(=O)N[C@@H](Cc1cc(F)cc(F)c1)C(=O)N[C@H]1COC(=O)[C@@H]2C[C@H](C)CN2C(=O)[C@H](C)NC(=O)[C@@H]2CCCCN2C(=O)[C@@H]2CCCN2C1=O. The molecule has 0 spiro atoms. The second kappa shape index (κ2) is 18.6. The van der Waals surface area contributed by atoms with Crippen LogP contribution in [0.3, 0.4) is 0 Å². The smallest absolute Gasteiger partial charge is 0.328 e. The van der Waals surface area contributed by atoms with Gasteiger partial charge in [-0.05, 0) is 81.6 Å². The highest BCUT2D eigenvalue weighted by Crippen LogP contribution is 2.28. The first-order valence-corrected chi connectivity index (χ1v) is 19.4. The average Bonchev–Trinajstić information content (AvgIpc) is 3.80. The summed E-state index contributed by atoms with van der Waals surface area (Å²) < 4.78 is 34.0. The Morgan fingerprint density at radius 3 is 2.33 bits per heavy atom. The maximum absolute atomic E-state index is 14.4. The minimum atomic E-state index is -1.55. The highest BCUT2D eigenvalue weighted by Gasteiger charge is 2.46. The number of esters is 1. The van der Waals surface area contributed by atoms with Crippen LogP contribution in [0.2, 0.25) is 0 Å². The fourth-order valence-electron chi connectivity index (χ4n) is 7.89. The van der Waals surface area contributed by atoms with E-state index in [1.54, 1.807) is 6.08 Å². The van der Waals surface area contributed by atoms with Gasteiger partial charge in [-0.1, -0.05) is 32.8 Å². The van der Waals surface area contributed by atoms with Crippen molar-refractivity contribution in [2.45, 2.75) is 121 Å². The molecule has 4 fully saturated rings. The van der Waals surface area contributed by atoms with E-state index in [-0.39, 0.29) is 50.4 Å². The van der Waals surface area contributed by atoms with E-state index in [9.17, 15) is 42.3 Å². The van der Waals surface area contributed by atoms with Crippen LogP contribution in [0.1, 0.15) is 84.1 Å².